The number of aliphatic hydroxyl groups excluding tert-OH is 4. The largest absolute Gasteiger partial charge is 0.479 e. The van der Waals surface area contributed by atoms with Crippen molar-refractivity contribution in [2.75, 3.05) is 32.7 Å². The molecule has 2 aliphatic heterocycles. The molecule has 0 saturated carbocycles. The van der Waals surface area contributed by atoms with Crippen molar-refractivity contribution in [2.45, 2.75) is 88.9 Å². The lowest BCUT2D eigenvalue weighted by molar-refractivity contribution is -0.179. The molecule has 1 aromatic rings. The molecule has 0 aliphatic carbocycles. The lowest BCUT2D eigenvalue weighted by atomic mass is 9.74. The topological polar surface area (TPSA) is 263 Å². The standard InChI is InChI=1S/C23H36N2O2.2C4H6O6/c1-4-22(26)27-23(21-11-7-5-8-12-21)17-20(3)25(18-19(23)2)16-15-24-13-9-6-10-14-24;2*5-1(3(7)8)2(6)4(9)10/h5,7-8,11-12,19-20H,4,6,9-10,13-18H2,1-3H3;2*1-2,5-6H,(H,7,8)(H,9,10). The Labute approximate surface area is 272 Å². The van der Waals surface area contributed by atoms with Crippen molar-refractivity contribution < 1.29 is 69.6 Å². The van der Waals surface area contributed by atoms with Crippen molar-refractivity contribution in [3.05, 3.63) is 35.9 Å². The molecule has 8 N–H and O–H groups in total. The number of carbonyl (C=O) groups is 5. The number of aliphatic carboxylic acids is 4. The van der Waals surface area contributed by atoms with Crippen LogP contribution in [0.4, 0.5) is 0 Å². The van der Waals surface area contributed by atoms with Gasteiger partial charge in [-0.2, -0.15) is 0 Å². The number of likely N-dealkylation sites (tertiary alicyclic amines) is 2. The van der Waals surface area contributed by atoms with Crippen LogP contribution in [0.25, 0.3) is 0 Å². The first-order valence-corrected chi connectivity index (χ1v) is 15.4. The van der Waals surface area contributed by atoms with Crippen LogP contribution in [0.3, 0.4) is 0 Å². The van der Waals surface area contributed by atoms with Crippen molar-refractivity contribution in [2.24, 2.45) is 5.92 Å². The zero-order valence-corrected chi connectivity index (χ0v) is 26.8. The van der Waals surface area contributed by atoms with Gasteiger partial charge < -0.3 is 50.5 Å². The summed E-state index contributed by atoms with van der Waals surface area (Å²) < 4.78 is 6.16. The van der Waals surface area contributed by atoms with Crippen LogP contribution in [-0.2, 0) is 34.3 Å². The van der Waals surface area contributed by atoms with E-state index in [1.165, 1.54) is 32.4 Å². The second-order valence-electron chi connectivity index (χ2n) is 11.6. The number of piperidine rings is 2. The maximum atomic E-state index is 12.3. The van der Waals surface area contributed by atoms with E-state index >= 15 is 0 Å². The van der Waals surface area contributed by atoms with Crippen LogP contribution in [0, 0.1) is 5.92 Å². The van der Waals surface area contributed by atoms with Crippen LogP contribution in [0.1, 0.15) is 58.4 Å². The molecule has 47 heavy (non-hydrogen) atoms. The third kappa shape index (κ3) is 12.8. The van der Waals surface area contributed by atoms with Crippen molar-refractivity contribution in [1.82, 2.24) is 9.80 Å². The van der Waals surface area contributed by atoms with E-state index in [-0.39, 0.29) is 11.9 Å². The minimum atomic E-state index is -2.27. The number of nitrogens with zero attached hydrogens (tertiary/aromatic N) is 2. The summed E-state index contributed by atoms with van der Waals surface area (Å²) in [6.07, 6.45) is -3.70. The SMILES string of the molecule is CCC(=O)OC1(c2ccccc2)CC(C)N(CCN2CCCCC2)CC1C.O=C(O)C(O)C(O)C(=O)O.O=C(O)C(O)C(O)C(=O)O. The number of carbonyl (C=O) groups excluding carboxylic acids is 1. The summed E-state index contributed by atoms with van der Waals surface area (Å²) in [7, 11) is 0. The second kappa shape index (κ2) is 19.9. The van der Waals surface area contributed by atoms with Gasteiger partial charge in [-0.1, -0.05) is 50.6 Å². The summed E-state index contributed by atoms with van der Waals surface area (Å²) in [5.41, 5.74) is 0.636. The van der Waals surface area contributed by atoms with E-state index in [2.05, 4.69) is 47.9 Å². The average Bonchev–Trinajstić information content (AvgIpc) is 3.05. The Morgan fingerprint density at radius 3 is 1.62 bits per heavy atom. The maximum Gasteiger partial charge on any atom is 0.335 e. The fourth-order valence-electron chi connectivity index (χ4n) is 5.35. The lowest BCUT2D eigenvalue weighted by Gasteiger charge is -2.49. The summed E-state index contributed by atoms with van der Waals surface area (Å²) in [6, 6.07) is 10.8. The first-order chi connectivity index (χ1) is 22.0. The van der Waals surface area contributed by atoms with E-state index in [0.29, 0.717) is 12.5 Å². The highest BCUT2D eigenvalue weighted by Crippen LogP contribution is 2.43. The van der Waals surface area contributed by atoms with E-state index in [9.17, 15) is 24.0 Å². The Bertz CT molecular complexity index is 1090. The smallest absolute Gasteiger partial charge is 0.335 e. The zero-order valence-electron chi connectivity index (χ0n) is 26.8. The Balaban J connectivity index is 0.000000455. The lowest BCUT2D eigenvalue weighted by Crippen LogP contribution is -2.56. The van der Waals surface area contributed by atoms with E-state index in [1.54, 1.807) is 0 Å². The van der Waals surface area contributed by atoms with Gasteiger partial charge in [0.1, 0.15) is 5.60 Å². The van der Waals surface area contributed by atoms with Crippen LogP contribution in [-0.4, -0.2) is 144 Å². The van der Waals surface area contributed by atoms with Gasteiger partial charge in [0.2, 0.25) is 0 Å². The zero-order chi connectivity index (χ0) is 35.9. The number of aliphatic hydroxyl groups is 4. The molecule has 2 heterocycles. The molecule has 266 valence electrons. The Kier molecular flexibility index (Phi) is 17.5. The first kappa shape index (κ1) is 41.4. The van der Waals surface area contributed by atoms with Gasteiger partial charge in [-0.3, -0.25) is 9.69 Å². The van der Waals surface area contributed by atoms with Crippen molar-refractivity contribution >= 4 is 29.8 Å². The molecule has 0 radical (unpaired) electrons. The average molecular weight is 673 g/mol. The summed E-state index contributed by atoms with van der Waals surface area (Å²) in [5.74, 6) is -6.90. The molecule has 0 amide bonds. The van der Waals surface area contributed by atoms with Gasteiger partial charge in [-0.05, 0) is 38.4 Å². The van der Waals surface area contributed by atoms with Crippen molar-refractivity contribution in [1.29, 1.82) is 0 Å². The van der Waals surface area contributed by atoms with Crippen LogP contribution in [0.15, 0.2) is 30.3 Å². The molecule has 7 unspecified atom stereocenters. The molecule has 0 aromatic heterocycles. The van der Waals surface area contributed by atoms with E-state index in [1.807, 2.05) is 13.0 Å². The molecule has 3 rings (SSSR count). The summed E-state index contributed by atoms with van der Waals surface area (Å²) in [4.78, 5) is 56.6. The van der Waals surface area contributed by atoms with Crippen LogP contribution in [0.5, 0.6) is 0 Å². The third-order valence-corrected chi connectivity index (χ3v) is 8.14. The highest BCUT2D eigenvalue weighted by atomic mass is 16.6. The van der Waals surface area contributed by atoms with Crippen molar-refractivity contribution in [3.63, 3.8) is 0 Å². The van der Waals surface area contributed by atoms with Gasteiger partial charge in [0.15, 0.2) is 24.4 Å². The summed E-state index contributed by atoms with van der Waals surface area (Å²) in [6.45, 7) is 12.2. The molecule has 16 nitrogen and oxygen atoms in total. The van der Waals surface area contributed by atoms with Crippen molar-refractivity contribution in [3.8, 4) is 0 Å². The predicted octanol–water partition coefficient (Wildman–Crippen LogP) is -0.194. The number of benzene rings is 1. The minimum absolute atomic E-state index is 0.0975. The molecular weight excluding hydrogens is 624 g/mol. The molecule has 2 aliphatic rings. The van der Waals surface area contributed by atoms with Crippen LogP contribution < -0.4 is 0 Å². The van der Waals surface area contributed by atoms with Gasteiger partial charge in [-0.25, -0.2) is 19.2 Å². The Morgan fingerprint density at radius 1 is 0.766 bits per heavy atom. The van der Waals surface area contributed by atoms with E-state index < -0.39 is 53.9 Å². The molecule has 0 spiro atoms. The van der Waals surface area contributed by atoms with Gasteiger partial charge in [0.25, 0.3) is 0 Å². The molecular formula is C31H48N2O14. The van der Waals surface area contributed by atoms with Gasteiger partial charge >= 0.3 is 29.8 Å². The third-order valence-electron chi connectivity index (χ3n) is 8.14. The number of hydrogen-bond donors (Lipinski definition) is 8. The molecule has 2 fully saturated rings. The molecule has 2 saturated heterocycles. The monoisotopic (exact) mass is 672 g/mol. The number of carboxylic acid groups (broad SMARTS) is 4. The van der Waals surface area contributed by atoms with E-state index in [4.69, 9.17) is 45.6 Å². The maximum absolute atomic E-state index is 12.3. The number of carboxylic acids is 4. The Morgan fingerprint density at radius 2 is 1.21 bits per heavy atom. The highest BCUT2D eigenvalue weighted by molar-refractivity contribution is 5.83. The van der Waals surface area contributed by atoms with E-state index in [0.717, 1.165) is 31.6 Å². The van der Waals surface area contributed by atoms with Gasteiger partial charge in [0.05, 0.1) is 0 Å². The fourth-order valence-corrected chi connectivity index (χ4v) is 5.35. The normalized spacial score (nSPS) is 24.1. The summed E-state index contributed by atoms with van der Waals surface area (Å²) in [5, 5.41) is 65.1. The van der Waals surface area contributed by atoms with Crippen LogP contribution in [0.2, 0.25) is 0 Å². The molecule has 0 bridgehead atoms. The quantitative estimate of drug-likeness (QED) is 0.134. The minimum Gasteiger partial charge on any atom is -0.479 e. The Hall–Kier alpha value is -3.67. The molecule has 1 aromatic carbocycles. The number of ether oxygens (including phenoxy) is 1. The van der Waals surface area contributed by atoms with Crippen LogP contribution >= 0.6 is 0 Å². The van der Waals surface area contributed by atoms with Gasteiger partial charge in [0, 0.05) is 44.4 Å². The predicted molar refractivity (Wildman–Crippen MR) is 164 cm³/mol. The highest BCUT2D eigenvalue weighted by Gasteiger charge is 2.47. The number of hydrogen-bond acceptors (Lipinski definition) is 12. The first-order valence-electron chi connectivity index (χ1n) is 15.4. The second-order valence-corrected chi connectivity index (χ2v) is 11.6. The number of esters is 1. The van der Waals surface area contributed by atoms with Gasteiger partial charge in [-0.15, -0.1) is 0 Å². The number of rotatable bonds is 12. The molecule has 16 heteroatoms. The summed E-state index contributed by atoms with van der Waals surface area (Å²) >= 11 is 0. The molecule has 7 atom stereocenters. The fraction of sp³-hybridized carbons (Fsp3) is 0.645.